The third-order valence-electron chi connectivity index (χ3n) is 4.16. The van der Waals surface area contributed by atoms with E-state index >= 15 is 0 Å². The molecule has 1 aliphatic rings. The van der Waals surface area contributed by atoms with Crippen LogP contribution in [0.3, 0.4) is 0 Å². The standard InChI is InChI=1S/C20H22N2O2S/c1-12-18(23)22-16-11-13(9-10-17(16)25-12)19(24)21-15-8-6-5-7-14(15)20(2,3)4/h5-12H,1-4H3,(H,21,24)(H,22,23). The minimum absolute atomic E-state index is 0.0341. The quantitative estimate of drug-likeness (QED) is 0.824. The number of hydrogen-bond acceptors (Lipinski definition) is 3. The molecule has 0 radical (unpaired) electrons. The number of rotatable bonds is 2. The summed E-state index contributed by atoms with van der Waals surface area (Å²) in [6.45, 7) is 8.22. The van der Waals surface area contributed by atoms with Crippen molar-refractivity contribution < 1.29 is 9.59 Å². The van der Waals surface area contributed by atoms with Crippen molar-refractivity contribution >= 4 is 35.0 Å². The average Bonchev–Trinajstić information content (AvgIpc) is 2.55. The summed E-state index contributed by atoms with van der Waals surface area (Å²) in [6, 6.07) is 13.3. The second-order valence-electron chi connectivity index (χ2n) is 7.21. The van der Waals surface area contributed by atoms with Crippen LogP contribution in [-0.4, -0.2) is 17.1 Å². The normalized spacial score (nSPS) is 16.8. The number of amides is 2. The molecule has 0 aromatic heterocycles. The third kappa shape index (κ3) is 3.71. The van der Waals surface area contributed by atoms with Gasteiger partial charge in [-0.3, -0.25) is 9.59 Å². The van der Waals surface area contributed by atoms with Gasteiger partial charge in [0.1, 0.15) is 0 Å². The molecule has 0 bridgehead atoms. The minimum atomic E-state index is -0.183. The number of carbonyl (C=O) groups is 2. The molecule has 5 heteroatoms. The Bertz CT molecular complexity index is 840. The lowest BCUT2D eigenvalue weighted by Crippen LogP contribution is -2.26. The van der Waals surface area contributed by atoms with Gasteiger partial charge in [-0.25, -0.2) is 0 Å². The first-order valence-electron chi connectivity index (χ1n) is 8.28. The van der Waals surface area contributed by atoms with Gasteiger partial charge in [0.25, 0.3) is 5.91 Å². The van der Waals surface area contributed by atoms with E-state index in [0.29, 0.717) is 11.3 Å². The highest BCUT2D eigenvalue weighted by Crippen LogP contribution is 2.36. The summed E-state index contributed by atoms with van der Waals surface area (Å²) in [6.07, 6.45) is 0. The number of nitrogens with one attached hydrogen (secondary N) is 2. The highest BCUT2D eigenvalue weighted by Gasteiger charge is 2.24. The Morgan fingerprint density at radius 3 is 2.60 bits per heavy atom. The Morgan fingerprint density at radius 2 is 1.88 bits per heavy atom. The van der Waals surface area contributed by atoms with Gasteiger partial charge in [-0.1, -0.05) is 39.0 Å². The largest absolute Gasteiger partial charge is 0.324 e. The third-order valence-corrected chi connectivity index (χ3v) is 5.33. The Labute approximate surface area is 152 Å². The molecule has 0 fully saturated rings. The molecule has 4 nitrogen and oxygen atoms in total. The first kappa shape index (κ1) is 17.5. The Kier molecular flexibility index (Phi) is 4.60. The van der Waals surface area contributed by atoms with Gasteiger partial charge in [-0.05, 0) is 42.2 Å². The van der Waals surface area contributed by atoms with Crippen LogP contribution in [-0.2, 0) is 10.2 Å². The molecule has 1 heterocycles. The maximum atomic E-state index is 12.7. The molecule has 3 rings (SSSR count). The molecule has 0 aliphatic carbocycles. The van der Waals surface area contributed by atoms with Crippen molar-refractivity contribution in [2.75, 3.05) is 10.6 Å². The number of anilines is 2. The number of hydrogen-bond donors (Lipinski definition) is 2. The zero-order valence-corrected chi connectivity index (χ0v) is 15.7. The van der Waals surface area contributed by atoms with Gasteiger partial charge in [0.2, 0.25) is 5.91 Å². The molecule has 2 amide bonds. The molecule has 2 N–H and O–H groups in total. The molecule has 1 unspecified atom stereocenters. The summed E-state index contributed by atoms with van der Waals surface area (Å²) in [5, 5.41) is 5.75. The predicted octanol–water partition coefficient (Wildman–Crippen LogP) is 4.67. The first-order chi connectivity index (χ1) is 11.8. The van der Waals surface area contributed by atoms with Gasteiger partial charge in [0.05, 0.1) is 10.9 Å². The fourth-order valence-corrected chi connectivity index (χ4v) is 3.72. The molecule has 0 spiro atoms. The molecule has 0 saturated heterocycles. The van der Waals surface area contributed by atoms with Crippen LogP contribution in [0.2, 0.25) is 0 Å². The topological polar surface area (TPSA) is 58.2 Å². The monoisotopic (exact) mass is 354 g/mol. The molecular weight excluding hydrogens is 332 g/mol. The zero-order chi connectivity index (χ0) is 18.2. The number of thioether (sulfide) groups is 1. The first-order valence-corrected chi connectivity index (χ1v) is 9.16. The number of fused-ring (bicyclic) bond motifs is 1. The summed E-state index contributed by atoms with van der Waals surface area (Å²) in [5.41, 5.74) is 3.05. The van der Waals surface area contributed by atoms with Gasteiger partial charge in [-0.15, -0.1) is 11.8 Å². The Hall–Kier alpha value is -2.27. The lowest BCUT2D eigenvalue weighted by Gasteiger charge is -2.23. The molecule has 2 aromatic carbocycles. The summed E-state index contributed by atoms with van der Waals surface area (Å²) in [7, 11) is 0. The van der Waals surface area contributed by atoms with Crippen molar-refractivity contribution in [1.29, 1.82) is 0 Å². The van der Waals surface area contributed by atoms with E-state index < -0.39 is 0 Å². The molecule has 130 valence electrons. The maximum absolute atomic E-state index is 12.7. The van der Waals surface area contributed by atoms with E-state index in [9.17, 15) is 9.59 Å². The fraction of sp³-hybridized carbons (Fsp3) is 0.300. The van der Waals surface area contributed by atoms with Gasteiger partial charge < -0.3 is 10.6 Å². The molecule has 0 saturated carbocycles. The molecule has 25 heavy (non-hydrogen) atoms. The van der Waals surface area contributed by atoms with E-state index in [0.717, 1.165) is 16.1 Å². The van der Waals surface area contributed by atoms with Crippen LogP contribution in [0.4, 0.5) is 11.4 Å². The summed E-state index contributed by atoms with van der Waals surface area (Å²) in [4.78, 5) is 25.5. The molecule has 1 atom stereocenters. The Balaban J connectivity index is 1.86. The van der Waals surface area contributed by atoms with E-state index in [1.165, 1.54) is 11.8 Å². The summed E-state index contributed by atoms with van der Waals surface area (Å²) < 4.78 is 0. The highest BCUT2D eigenvalue weighted by atomic mass is 32.2. The lowest BCUT2D eigenvalue weighted by atomic mass is 9.86. The van der Waals surface area contributed by atoms with Crippen LogP contribution in [0.25, 0.3) is 0 Å². The predicted molar refractivity (Wildman–Crippen MR) is 103 cm³/mol. The van der Waals surface area contributed by atoms with Crippen LogP contribution < -0.4 is 10.6 Å². The maximum Gasteiger partial charge on any atom is 0.255 e. The zero-order valence-electron chi connectivity index (χ0n) is 14.8. The van der Waals surface area contributed by atoms with Gasteiger partial charge >= 0.3 is 0 Å². The molecular formula is C20H22N2O2S. The second-order valence-corrected chi connectivity index (χ2v) is 8.59. The van der Waals surface area contributed by atoms with Crippen LogP contribution in [0.5, 0.6) is 0 Å². The van der Waals surface area contributed by atoms with E-state index in [1.807, 2.05) is 37.3 Å². The summed E-state index contributed by atoms with van der Waals surface area (Å²) in [5.74, 6) is -0.217. The van der Waals surface area contributed by atoms with Crippen LogP contribution in [0.1, 0.15) is 43.6 Å². The van der Waals surface area contributed by atoms with Crippen molar-refractivity contribution in [3.8, 4) is 0 Å². The van der Waals surface area contributed by atoms with Crippen LogP contribution >= 0.6 is 11.8 Å². The van der Waals surface area contributed by atoms with E-state index in [4.69, 9.17) is 0 Å². The smallest absolute Gasteiger partial charge is 0.255 e. The van der Waals surface area contributed by atoms with E-state index in [1.54, 1.807) is 12.1 Å². The fourth-order valence-electron chi connectivity index (χ4n) is 2.79. The van der Waals surface area contributed by atoms with Gasteiger partial charge in [0, 0.05) is 16.1 Å². The second kappa shape index (κ2) is 6.56. The minimum Gasteiger partial charge on any atom is -0.324 e. The SMILES string of the molecule is CC1Sc2ccc(C(=O)Nc3ccccc3C(C)(C)C)cc2NC1=O. The highest BCUT2D eigenvalue weighted by molar-refractivity contribution is 8.00. The number of carbonyl (C=O) groups excluding carboxylic acids is 2. The van der Waals surface area contributed by atoms with Crippen LogP contribution in [0, 0.1) is 0 Å². The van der Waals surface area contributed by atoms with Gasteiger partial charge in [0.15, 0.2) is 0 Å². The van der Waals surface area contributed by atoms with Crippen molar-refractivity contribution in [2.24, 2.45) is 0 Å². The van der Waals surface area contributed by atoms with Crippen LogP contribution in [0.15, 0.2) is 47.4 Å². The lowest BCUT2D eigenvalue weighted by molar-refractivity contribution is -0.115. The molecule has 1 aliphatic heterocycles. The van der Waals surface area contributed by atoms with Crippen molar-refractivity contribution in [1.82, 2.24) is 0 Å². The van der Waals surface area contributed by atoms with Gasteiger partial charge in [-0.2, -0.15) is 0 Å². The number of benzene rings is 2. The van der Waals surface area contributed by atoms with Crippen molar-refractivity contribution in [2.45, 2.75) is 43.3 Å². The average molecular weight is 354 g/mol. The Morgan fingerprint density at radius 1 is 1.16 bits per heavy atom. The van der Waals surface area contributed by atoms with Crippen molar-refractivity contribution in [3.63, 3.8) is 0 Å². The molecule has 2 aromatic rings. The van der Waals surface area contributed by atoms with E-state index in [2.05, 4.69) is 31.4 Å². The van der Waals surface area contributed by atoms with E-state index in [-0.39, 0.29) is 22.5 Å². The number of para-hydroxylation sites is 1. The van der Waals surface area contributed by atoms with Crippen molar-refractivity contribution in [3.05, 3.63) is 53.6 Å². The summed E-state index contributed by atoms with van der Waals surface area (Å²) >= 11 is 1.51.